The normalized spacial score (nSPS) is 10.8. The third-order valence-corrected chi connectivity index (χ3v) is 4.06. The van der Waals surface area contributed by atoms with Crippen LogP contribution in [0.25, 0.3) is 10.2 Å². The summed E-state index contributed by atoms with van der Waals surface area (Å²) in [6, 6.07) is 11.4. The molecule has 0 saturated heterocycles. The van der Waals surface area contributed by atoms with Gasteiger partial charge in [0.05, 0.1) is 16.6 Å². The van der Waals surface area contributed by atoms with Crippen molar-refractivity contribution in [3.8, 4) is 0 Å². The van der Waals surface area contributed by atoms with E-state index in [4.69, 9.17) is 11.6 Å². The summed E-state index contributed by atoms with van der Waals surface area (Å²) in [6.45, 7) is 0. The predicted octanol–water partition coefficient (Wildman–Crippen LogP) is 4.27. The minimum atomic E-state index is -0.315. The number of hydrogen-bond donors (Lipinski definition) is 1. The standard InChI is InChI=1S/C15H10ClFN2OS/c16-10-3-1-9(2-4-10)7-14(20)19-15-18-12-6-5-11(17)8-13(12)21-15/h1-6,8H,7H2,(H,18,19,20). The van der Waals surface area contributed by atoms with Crippen LogP contribution >= 0.6 is 22.9 Å². The van der Waals surface area contributed by atoms with Crippen molar-refractivity contribution >= 4 is 44.2 Å². The van der Waals surface area contributed by atoms with Gasteiger partial charge in [0, 0.05) is 5.02 Å². The maximum absolute atomic E-state index is 13.1. The number of amides is 1. The Morgan fingerprint density at radius 3 is 2.76 bits per heavy atom. The van der Waals surface area contributed by atoms with Crippen molar-refractivity contribution in [2.24, 2.45) is 0 Å². The molecule has 0 bridgehead atoms. The van der Waals surface area contributed by atoms with Gasteiger partial charge in [-0.3, -0.25) is 4.79 Å². The van der Waals surface area contributed by atoms with E-state index in [1.807, 2.05) is 0 Å². The van der Waals surface area contributed by atoms with Crippen molar-refractivity contribution in [1.29, 1.82) is 0 Å². The molecule has 21 heavy (non-hydrogen) atoms. The van der Waals surface area contributed by atoms with E-state index in [1.165, 1.54) is 23.5 Å². The zero-order valence-corrected chi connectivity index (χ0v) is 12.3. The average molecular weight is 321 g/mol. The van der Waals surface area contributed by atoms with Crippen LogP contribution in [0, 0.1) is 5.82 Å². The summed E-state index contributed by atoms with van der Waals surface area (Å²) in [5.41, 5.74) is 1.53. The smallest absolute Gasteiger partial charge is 0.230 e. The van der Waals surface area contributed by atoms with Crippen molar-refractivity contribution in [2.75, 3.05) is 5.32 Å². The Labute approximate surface area is 129 Å². The summed E-state index contributed by atoms with van der Waals surface area (Å²) >= 11 is 7.04. The number of halogens is 2. The molecule has 3 aromatic rings. The molecule has 1 amide bonds. The van der Waals surface area contributed by atoms with Gasteiger partial charge in [0.1, 0.15) is 5.82 Å². The van der Waals surface area contributed by atoms with Crippen LogP contribution in [0.15, 0.2) is 42.5 Å². The van der Waals surface area contributed by atoms with Crippen LogP contribution in [0.1, 0.15) is 5.56 Å². The van der Waals surface area contributed by atoms with Crippen LogP contribution in [-0.4, -0.2) is 10.9 Å². The second-order valence-corrected chi connectivity index (χ2v) is 5.95. The number of thiazole rings is 1. The van der Waals surface area contributed by atoms with Crippen LogP contribution in [0.4, 0.5) is 9.52 Å². The summed E-state index contributed by atoms with van der Waals surface area (Å²) < 4.78 is 13.8. The van der Waals surface area contributed by atoms with Gasteiger partial charge in [-0.2, -0.15) is 0 Å². The molecular formula is C15H10ClFN2OS. The van der Waals surface area contributed by atoms with Crippen LogP contribution < -0.4 is 5.32 Å². The van der Waals surface area contributed by atoms with E-state index in [0.717, 1.165) is 5.56 Å². The lowest BCUT2D eigenvalue weighted by Gasteiger charge is -2.01. The third kappa shape index (κ3) is 3.37. The first-order chi connectivity index (χ1) is 10.1. The van der Waals surface area contributed by atoms with Gasteiger partial charge in [-0.05, 0) is 35.9 Å². The summed E-state index contributed by atoms with van der Waals surface area (Å²) in [4.78, 5) is 16.2. The van der Waals surface area contributed by atoms with Crippen LogP contribution in [-0.2, 0) is 11.2 Å². The van der Waals surface area contributed by atoms with Crippen LogP contribution in [0.5, 0.6) is 0 Å². The second-order valence-electron chi connectivity index (χ2n) is 4.48. The predicted molar refractivity (Wildman–Crippen MR) is 83.4 cm³/mol. The van der Waals surface area contributed by atoms with E-state index in [-0.39, 0.29) is 18.1 Å². The van der Waals surface area contributed by atoms with Crippen molar-refractivity contribution in [3.05, 3.63) is 58.9 Å². The Hall–Kier alpha value is -1.98. The first kappa shape index (κ1) is 14.0. The van der Waals surface area contributed by atoms with Crippen molar-refractivity contribution < 1.29 is 9.18 Å². The van der Waals surface area contributed by atoms with Gasteiger partial charge < -0.3 is 5.32 Å². The molecule has 106 valence electrons. The molecule has 0 saturated carbocycles. The zero-order valence-electron chi connectivity index (χ0n) is 10.8. The molecule has 0 spiro atoms. The Morgan fingerprint density at radius 2 is 2.00 bits per heavy atom. The number of nitrogens with zero attached hydrogens (tertiary/aromatic N) is 1. The molecular weight excluding hydrogens is 311 g/mol. The average Bonchev–Trinajstić information content (AvgIpc) is 2.82. The molecule has 0 unspecified atom stereocenters. The first-order valence-corrected chi connectivity index (χ1v) is 7.40. The van der Waals surface area contributed by atoms with Crippen molar-refractivity contribution in [2.45, 2.75) is 6.42 Å². The fourth-order valence-corrected chi connectivity index (χ4v) is 2.94. The number of aromatic nitrogens is 1. The van der Waals surface area contributed by atoms with Crippen LogP contribution in [0.2, 0.25) is 5.02 Å². The Balaban J connectivity index is 1.72. The van der Waals surface area contributed by atoms with E-state index in [9.17, 15) is 9.18 Å². The van der Waals surface area contributed by atoms with Crippen molar-refractivity contribution in [1.82, 2.24) is 4.98 Å². The Morgan fingerprint density at radius 1 is 1.24 bits per heavy atom. The molecule has 0 radical (unpaired) electrons. The number of rotatable bonds is 3. The van der Waals surface area contributed by atoms with Gasteiger partial charge in [0.15, 0.2) is 5.13 Å². The molecule has 2 aromatic carbocycles. The molecule has 1 N–H and O–H groups in total. The Kier molecular flexibility index (Phi) is 3.86. The SMILES string of the molecule is O=C(Cc1ccc(Cl)cc1)Nc1nc2ccc(F)cc2s1. The highest BCUT2D eigenvalue weighted by atomic mass is 35.5. The lowest BCUT2D eigenvalue weighted by molar-refractivity contribution is -0.115. The molecule has 0 atom stereocenters. The highest BCUT2D eigenvalue weighted by Crippen LogP contribution is 2.26. The number of benzene rings is 2. The van der Waals surface area contributed by atoms with Gasteiger partial charge in [-0.1, -0.05) is 35.1 Å². The van der Waals surface area contributed by atoms with E-state index in [0.29, 0.717) is 20.4 Å². The third-order valence-electron chi connectivity index (χ3n) is 2.87. The highest BCUT2D eigenvalue weighted by Gasteiger charge is 2.09. The van der Waals surface area contributed by atoms with E-state index in [1.54, 1.807) is 30.3 Å². The quantitative estimate of drug-likeness (QED) is 0.783. The number of carbonyl (C=O) groups excluding carboxylic acids is 1. The second kappa shape index (κ2) is 5.79. The molecule has 1 heterocycles. The first-order valence-electron chi connectivity index (χ1n) is 6.20. The van der Waals surface area contributed by atoms with Gasteiger partial charge in [-0.25, -0.2) is 9.37 Å². The molecule has 3 nitrogen and oxygen atoms in total. The minimum Gasteiger partial charge on any atom is -0.302 e. The fourth-order valence-electron chi connectivity index (χ4n) is 1.90. The fraction of sp³-hybridized carbons (Fsp3) is 0.0667. The minimum absolute atomic E-state index is 0.170. The molecule has 0 aliphatic heterocycles. The lowest BCUT2D eigenvalue weighted by Crippen LogP contribution is -2.14. The van der Waals surface area contributed by atoms with Gasteiger partial charge in [0.25, 0.3) is 0 Å². The number of fused-ring (bicyclic) bond motifs is 1. The zero-order chi connectivity index (χ0) is 14.8. The number of nitrogens with one attached hydrogen (secondary N) is 1. The maximum Gasteiger partial charge on any atom is 0.230 e. The summed E-state index contributed by atoms with van der Waals surface area (Å²) in [7, 11) is 0. The molecule has 6 heteroatoms. The summed E-state index contributed by atoms with van der Waals surface area (Å²) in [5.74, 6) is -0.484. The van der Waals surface area contributed by atoms with E-state index < -0.39 is 0 Å². The lowest BCUT2D eigenvalue weighted by atomic mass is 10.1. The van der Waals surface area contributed by atoms with Gasteiger partial charge >= 0.3 is 0 Å². The van der Waals surface area contributed by atoms with Gasteiger partial charge in [0.2, 0.25) is 5.91 Å². The largest absolute Gasteiger partial charge is 0.302 e. The van der Waals surface area contributed by atoms with E-state index in [2.05, 4.69) is 10.3 Å². The number of hydrogen-bond acceptors (Lipinski definition) is 3. The topological polar surface area (TPSA) is 42.0 Å². The summed E-state index contributed by atoms with van der Waals surface area (Å²) in [6.07, 6.45) is 0.238. The van der Waals surface area contributed by atoms with E-state index >= 15 is 0 Å². The Bertz CT molecular complexity index is 801. The molecule has 0 aliphatic rings. The van der Waals surface area contributed by atoms with Gasteiger partial charge in [-0.15, -0.1) is 0 Å². The molecule has 1 aromatic heterocycles. The number of carbonyl (C=O) groups is 1. The monoisotopic (exact) mass is 320 g/mol. The van der Waals surface area contributed by atoms with Crippen LogP contribution in [0.3, 0.4) is 0 Å². The molecule has 0 fully saturated rings. The molecule has 0 aliphatic carbocycles. The number of anilines is 1. The maximum atomic E-state index is 13.1. The molecule has 3 rings (SSSR count). The summed E-state index contributed by atoms with van der Waals surface area (Å²) in [5, 5.41) is 3.83. The highest BCUT2D eigenvalue weighted by molar-refractivity contribution is 7.22. The van der Waals surface area contributed by atoms with Crippen molar-refractivity contribution in [3.63, 3.8) is 0 Å².